The lowest BCUT2D eigenvalue weighted by molar-refractivity contribution is -0.137. The molecule has 3 amide bonds. The van der Waals surface area contributed by atoms with Gasteiger partial charge in [0.05, 0.1) is 4.91 Å². The van der Waals surface area contributed by atoms with Crippen LogP contribution in [0.5, 0.6) is 0 Å². The third-order valence-corrected chi connectivity index (χ3v) is 5.03. The highest BCUT2D eigenvalue weighted by atomic mass is 32.2. The summed E-state index contributed by atoms with van der Waals surface area (Å²) in [7, 11) is 2.01. The number of nitrogens with zero attached hydrogens (tertiary/aromatic N) is 3. The van der Waals surface area contributed by atoms with Gasteiger partial charge in [0, 0.05) is 26.2 Å². The Kier molecular flexibility index (Phi) is 5.01. The molecule has 2 heterocycles. The summed E-state index contributed by atoms with van der Waals surface area (Å²) in [6.45, 7) is 2.69. The van der Waals surface area contributed by atoms with Crippen LogP contribution in [0.25, 0.3) is 6.08 Å². The van der Waals surface area contributed by atoms with Crippen LogP contribution in [0, 0.1) is 0 Å². The van der Waals surface area contributed by atoms with Crippen molar-refractivity contribution >= 4 is 34.9 Å². The predicted molar refractivity (Wildman–Crippen MR) is 93.2 cm³/mol. The average molecular weight is 345 g/mol. The second-order valence-corrected chi connectivity index (χ2v) is 6.86. The number of benzene rings is 1. The van der Waals surface area contributed by atoms with Crippen molar-refractivity contribution in [1.82, 2.24) is 14.7 Å². The summed E-state index contributed by atoms with van der Waals surface area (Å²) in [5, 5.41) is -0.385. The highest BCUT2D eigenvalue weighted by Crippen LogP contribution is 2.32. The van der Waals surface area contributed by atoms with Gasteiger partial charge in [0.25, 0.3) is 11.1 Å². The molecule has 1 aromatic carbocycles. The number of imide groups is 1. The molecule has 0 saturated carbocycles. The molecule has 2 aliphatic rings. The zero-order valence-electron chi connectivity index (χ0n) is 13.5. The van der Waals surface area contributed by atoms with Gasteiger partial charge in [-0.3, -0.25) is 19.3 Å². The maximum atomic E-state index is 12.4. The molecule has 2 fully saturated rings. The van der Waals surface area contributed by atoms with Crippen molar-refractivity contribution in [3.8, 4) is 0 Å². The molecule has 0 spiro atoms. The molecule has 0 aliphatic carbocycles. The summed E-state index contributed by atoms with van der Waals surface area (Å²) in [6, 6.07) is 9.35. The average Bonchev–Trinajstić information content (AvgIpc) is 2.84. The minimum Gasteiger partial charge on any atom is -0.339 e. The molecule has 0 N–H and O–H groups in total. The Bertz CT molecular complexity index is 682. The number of thioether (sulfide) groups is 1. The van der Waals surface area contributed by atoms with Crippen LogP contribution in [0.2, 0.25) is 0 Å². The van der Waals surface area contributed by atoms with Gasteiger partial charge in [-0.1, -0.05) is 30.3 Å². The minimum absolute atomic E-state index is 0.175. The molecule has 24 heavy (non-hydrogen) atoms. The van der Waals surface area contributed by atoms with Gasteiger partial charge in [-0.2, -0.15) is 0 Å². The number of carbonyl (C=O) groups is 3. The van der Waals surface area contributed by atoms with Crippen molar-refractivity contribution in [2.24, 2.45) is 0 Å². The van der Waals surface area contributed by atoms with Gasteiger partial charge in [0.1, 0.15) is 6.54 Å². The lowest BCUT2D eigenvalue weighted by atomic mass is 10.2. The third-order valence-electron chi connectivity index (χ3n) is 4.12. The monoisotopic (exact) mass is 345 g/mol. The lowest BCUT2D eigenvalue weighted by Gasteiger charge is -2.33. The molecule has 0 radical (unpaired) electrons. The largest absolute Gasteiger partial charge is 0.339 e. The van der Waals surface area contributed by atoms with E-state index in [9.17, 15) is 14.4 Å². The molecule has 0 bridgehead atoms. The fraction of sp³-hybridized carbons (Fsp3) is 0.353. The number of rotatable bonds is 3. The van der Waals surface area contributed by atoms with Crippen molar-refractivity contribution in [1.29, 1.82) is 0 Å². The van der Waals surface area contributed by atoms with Gasteiger partial charge in [-0.25, -0.2) is 0 Å². The fourth-order valence-corrected chi connectivity index (χ4v) is 3.47. The lowest BCUT2D eigenvalue weighted by Crippen LogP contribution is -2.50. The Morgan fingerprint density at radius 3 is 2.46 bits per heavy atom. The SMILES string of the molecule is CN1CCN(C(=O)CN2C(=O)S/C(=C/c3ccccc3)C2=O)CC1. The Hall–Kier alpha value is -2.12. The van der Waals surface area contributed by atoms with E-state index in [4.69, 9.17) is 0 Å². The summed E-state index contributed by atoms with van der Waals surface area (Å²) in [6.07, 6.45) is 1.69. The van der Waals surface area contributed by atoms with Crippen molar-refractivity contribution in [3.63, 3.8) is 0 Å². The van der Waals surface area contributed by atoms with Gasteiger partial charge in [-0.15, -0.1) is 0 Å². The summed E-state index contributed by atoms with van der Waals surface area (Å²) < 4.78 is 0. The number of hydrogen-bond acceptors (Lipinski definition) is 5. The van der Waals surface area contributed by atoms with E-state index >= 15 is 0 Å². The standard InChI is InChI=1S/C17H19N3O3S/c1-18-7-9-19(10-8-18)15(21)12-20-16(22)14(24-17(20)23)11-13-5-3-2-4-6-13/h2-6,11H,7-10,12H2,1H3/b14-11+. The molecule has 0 atom stereocenters. The second-order valence-electron chi connectivity index (χ2n) is 5.86. The van der Waals surface area contributed by atoms with E-state index in [-0.39, 0.29) is 17.7 Å². The van der Waals surface area contributed by atoms with E-state index in [1.165, 1.54) is 0 Å². The van der Waals surface area contributed by atoms with Crippen molar-refractivity contribution in [3.05, 3.63) is 40.8 Å². The first-order chi connectivity index (χ1) is 11.5. The van der Waals surface area contributed by atoms with Gasteiger partial charge in [-0.05, 0) is 30.4 Å². The van der Waals surface area contributed by atoms with Crippen molar-refractivity contribution < 1.29 is 14.4 Å². The number of carbonyl (C=O) groups excluding carboxylic acids is 3. The van der Waals surface area contributed by atoms with E-state index in [1.54, 1.807) is 11.0 Å². The Balaban J connectivity index is 1.66. The molecule has 1 aromatic rings. The van der Waals surface area contributed by atoms with E-state index < -0.39 is 5.91 Å². The Labute approximate surface area is 145 Å². The van der Waals surface area contributed by atoms with Gasteiger partial charge in [0.15, 0.2) is 0 Å². The Morgan fingerprint density at radius 2 is 1.79 bits per heavy atom. The summed E-state index contributed by atoms with van der Waals surface area (Å²) in [5.74, 6) is -0.567. The summed E-state index contributed by atoms with van der Waals surface area (Å²) in [4.78, 5) is 42.1. The molecule has 2 aliphatic heterocycles. The van der Waals surface area contributed by atoms with E-state index in [0.717, 1.165) is 35.3 Å². The van der Waals surface area contributed by atoms with Crippen LogP contribution >= 0.6 is 11.8 Å². The van der Waals surface area contributed by atoms with Crippen LogP contribution in [0.15, 0.2) is 35.2 Å². The van der Waals surface area contributed by atoms with Crippen molar-refractivity contribution in [2.45, 2.75) is 0 Å². The smallest absolute Gasteiger partial charge is 0.294 e. The molecule has 0 aromatic heterocycles. The first kappa shape index (κ1) is 16.7. The molecule has 3 rings (SSSR count). The minimum atomic E-state index is -0.392. The fourth-order valence-electron chi connectivity index (χ4n) is 2.63. The van der Waals surface area contributed by atoms with E-state index in [0.29, 0.717) is 18.0 Å². The normalized spacial score (nSPS) is 21.0. The predicted octanol–water partition coefficient (Wildman–Crippen LogP) is 1.50. The first-order valence-corrected chi connectivity index (χ1v) is 8.63. The topological polar surface area (TPSA) is 60.9 Å². The van der Waals surface area contributed by atoms with Crippen LogP contribution in [0.3, 0.4) is 0 Å². The van der Waals surface area contributed by atoms with Gasteiger partial charge >= 0.3 is 0 Å². The molecular formula is C17H19N3O3S. The van der Waals surface area contributed by atoms with Crippen LogP contribution in [-0.4, -0.2) is 71.5 Å². The van der Waals surface area contributed by atoms with E-state index in [1.807, 2.05) is 37.4 Å². The molecule has 2 saturated heterocycles. The van der Waals surface area contributed by atoms with Crippen LogP contribution < -0.4 is 0 Å². The molecule has 126 valence electrons. The van der Waals surface area contributed by atoms with Crippen LogP contribution in [0.4, 0.5) is 4.79 Å². The van der Waals surface area contributed by atoms with Gasteiger partial charge < -0.3 is 9.80 Å². The molecule has 7 heteroatoms. The maximum Gasteiger partial charge on any atom is 0.294 e. The maximum absolute atomic E-state index is 12.4. The van der Waals surface area contributed by atoms with E-state index in [2.05, 4.69) is 4.90 Å². The summed E-state index contributed by atoms with van der Waals surface area (Å²) >= 11 is 0.885. The van der Waals surface area contributed by atoms with Crippen LogP contribution in [0.1, 0.15) is 5.56 Å². The highest BCUT2D eigenvalue weighted by Gasteiger charge is 2.37. The van der Waals surface area contributed by atoms with Crippen LogP contribution in [-0.2, 0) is 9.59 Å². The van der Waals surface area contributed by atoms with Gasteiger partial charge in [0.2, 0.25) is 5.91 Å². The number of likely N-dealkylation sites (N-methyl/N-ethyl adjacent to an activating group) is 1. The quantitative estimate of drug-likeness (QED) is 0.777. The third kappa shape index (κ3) is 3.68. The molecule has 6 nitrogen and oxygen atoms in total. The van der Waals surface area contributed by atoms with Crippen molar-refractivity contribution in [2.75, 3.05) is 39.8 Å². The first-order valence-electron chi connectivity index (χ1n) is 7.81. The highest BCUT2D eigenvalue weighted by molar-refractivity contribution is 8.18. The zero-order chi connectivity index (χ0) is 17.1. The number of hydrogen-bond donors (Lipinski definition) is 0. The molecule has 0 unspecified atom stereocenters. The number of piperazine rings is 1. The molecular weight excluding hydrogens is 326 g/mol. The summed E-state index contributed by atoms with van der Waals surface area (Å²) in [5.41, 5.74) is 0.855. The Morgan fingerprint density at radius 1 is 1.12 bits per heavy atom. The zero-order valence-corrected chi connectivity index (χ0v) is 14.3. The number of amides is 3. The second kappa shape index (κ2) is 7.19.